The molecule has 0 fully saturated rings. The maximum absolute atomic E-state index is 6.03. The normalized spacial score (nSPS) is 10.4. The van der Waals surface area contributed by atoms with Crippen molar-refractivity contribution < 1.29 is 4.74 Å². The number of H-pyrrole nitrogens is 1. The summed E-state index contributed by atoms with van der Waals surface area (Å²) < 4.78 is 5.75. The molecule has 0 saturated carbocycles. The molecule has 0 bridgehead atoms. The van der Waals surface area contributed by atoms with Crippen LogP contribution in [0, 0.1) is 6.92 Å². The molecule has 0 unspecified atom stereocenters. The van der Waals surface area contributed by atoms with E-state index in [0.717, 1.165) is 11.4 Å². The average molecular weight is 301 g/mol. The third-order valence-electron chi connectivity index (χ3n) is 2.71. The summed E-state index contributed by atoms with van der Waals surface area (Å²) in [5.41, 5.74) is 0.959. The highest BCUT2D eigenvalue weighted by molar-refractivity contribution is 6.29. The molecule has 2 aromatic heterocycles. The minimum atomic E-state index is 0.346. The fourth-order valence-electron chi connectivity index (χ4n) is 1.83. The van der Waals surface area contributed by atoms with Crippen LogP contribution in [0.5, 0.6) is 11.5 Å². The lowest BCUT2D eigenvalue weighted by Crippen LogP contribution is -1.95. The molecular weight excluding hydrogens is 288 g/mol. The third-order valence-corrected chi connectivity index (χ3v) is 2.90. The number of aryl methyl sites for hydroxylation is 1. The van der Waals surface area contributed by atoms with Crippen molar-refractivity contribution in [2.24, 2.45) is 0 Å². The molecule has 0 saturated heterocycles. The SMILES string of the molecule is Cc1cc(Nc2cc(Oc3ccccc3)cc(Cl)n2)n[nH]1. The van der Waals surface area contributed by atoms with Crippen LogP contribution in [0.25, 0.3) is 0 Å². The molecule has 0 aliphatic heterocycles. The second-order valence-electron chi connectivity index (χ2n) is 4.49. The van der Waals surface area contributed by atoms with Gasteiger partial charge in [0.15, 0.2) is 5.82 Å². The fraction of sp³-hybridized carbons (Fsp3) is 0.0667. The number of para-hydroxylation sites is 1. The zero-order valence-corrected chi connectivity index (χ0v) is 12.1. The number of ether oxygens (including phenoxy) is 1. The highest BCUT2D eigenvalue weighted by atomic mass is 35.5. The van der Waals surface area contributed by atoms with E-state index in [1.807, 2.05) is 43.3 Å². The number of benzene rings is 1. The standard InChI is InChI=1S/C15H13ClN4O/c1-10-7-15(20-19-10)18-14-9-12(8-13(16)17-14)21-11-5-3-2-4-6-11/h2-9H,1H3,(H2,17,18,19,20). The molecule has 3 aromatic rings. The van der Waals surface area contributed by atoms with E-state index in [1.165, 1.54) is 0 Å². The molecule has 0 atom stereocenters. The van der Waals surface area contributed by atoms with Crippen LogP contribution in [0.3, 0.4) is 0 Å². The summed E-state index contributed by atoms with van der Waals surface area (Å²) in [6.45, 7) is 1.92. The minimum absolute atomic E-state index is 0.346. The van der Waals surface area contributed by atoms with E-state index < -0.39 is 0 Å². The van der Waals surface area contributed by atoms with Gasteiger partial charge in [0, 0.05) is 23.9 Å². The van der Waals surface area contributed by atoms with Gasteiger partial charge >= 0.3 is 0 Å². The molecule has 1 aromatic carbocycles. The molecule has 106 valence electrons. The molecule has 0 aliphatic rings. The topological polar surface area (TPSA) is 62.8 Å². The molecule has 3 rings (SSSR count). The van der Waals surface area contributed by atoms with Gasteiger partial charge < -0.3 is 10.1 Å². The van der Waals surface area contributed by atoms with Crippen molar-refractivity contribution in [2.75, 3.05) is 5.32 Å². The minimum Gasteiger partial charge on any atom is -0.457 e. The third kappa shape index (κ3) is 3.52. The Bertz CT molecular complexity index is 742. The predicted octanol–water partition coefficient (Wildman–Crippen LogP) is 4.30. The first-order valence-corrected chi connectivity index (χ1v) is 6.76. The summed E-state index contributed by atoms with van der Waals surface area (Å²) in [4.78, 5) is 4.20. The Morgan fingerprint density at radius 2 is 1.86 bits per heavy atom. The molecule has 0 spiro atoms. The van der Waals surface area contributed by atoms with Crippen molar-refractivity contribution in [1.29, 1.82) is 0 Å². The van der Waals surface area contributed by atoms with E-state index >= 15 is 0 Å². The smallest absolute Gasteiger partial charge is 0.153 e. The van der Waals surface area contributed by atoms with Crippen molar-refractivity contribution in [3.8, 4) is 11.5 Å². The number of rotatable bonds is 4. The Balaban J connectivity index is 1.82. The maximum Gasteiger partial charge on any atom is 0.153 e. The zero-order chi connectivity index (χ0) is 14.7. The van der Waals surface area contributed by atoms with Crippen molar-refractivity contribution >= 4 is 23.2 Å². The summed E-state index contributed by atoms with van der Waals surface area (Å²) in [7, 11) is 0. The van der Waals surface area contributed by atoms with E-state index in [4.69, 9.17) is 16.3 Å². The van der Waals surface area contributed by atoms with Gasteiger partial charge in [-0.3, -0.25) is 5.10 Å². The second kappa shape index (κ2) is 5.85. The van der Waals surface area contributed by atoms with Crippen molar-refractivity contribution in [3.63, 3.8) is 0 Å². The predicted molar refractivity (Wildman–Crippen MR) is 82.4 cm³/mol. The summed E-state index contributed by atoms with van der Waals surface area (Å²) in [6.07, 6.45) is 0. The van der Waals surface area contributed by atoms with Crippen LogP contribution in [0.2, 0.25) is 5.15 Å². The summed E-state index contributed by atoms with van der Waals surface area (Å²) >= 11 is 6.03. The van der Waals surface area contributed by atoms with E-state index in [1.54, 1.807) is 12.1 Å². The van der Waals surface area contributed by atoms with Gasteiger partial charge in [-0.2, -0.15) is 5.10 Å². The Morgan fingerprint density at radius 3 is 2.57 bits per heavy atom. The molecule has 21 heavy (non-hydrogen) atoms. The second-order valence-corrected chi connectivity index (χ2v) is 4.87. The van der Waals surface area contributed by atoms with Crippen LogP contribution in [0.4, 0.5) is 11.6 Å². The fourth-order valence-corrected chi connectivity index (χ4v) is 2.03. The highest BCUT2D eigenvalue weighted by Gasteiger charge is 2.05. The van der Waals surface area contributed by atoms with Gasteiger partial charge in [-0.15, -0.1) is 0 Å². The van der Waals surface area contributed by atoms with E-state index in [9.17, 15) is 0 Å². The average Bonchev–Trinajstić information content (AvgIpc) is 2.84. The first-order valence-electron chi connectivity index (χ1n) is 6.38. The van der Waals surface area contributed by atoms with Crippen LogP contribution >= 0.6 is 11.6 Å². The van der Waals surface area contributed by atoms with Gasteiger partial charge in [0.2, 0.25) is 0 Å². The lowest BCUT2D eigenvalue weighted by Gasteiger charge is -2.08. The number of aromatic nitrogens is 3. The van der Waals surface area contributed by atoms with Gasteiger partial charge in [-0.1, -0.05) is 29.8 Å². The van der Waals surface area contributed by atoms with Gasteiger partial charge in [-0.05, 0) is 19.1 Å². The number of nitrogens with one attached hydrogen (secondary N) is 2. The number of nitrogens with zero attached hydrogens (tertiary/aromatic N) is 2. The number of hydrogen-bond acceptors (Lipinski definition) is 4. The summed E-state index contributed by atoms with van der Waals surface area (Å²) in [6, 6.07) is 14.8. The Hall–Kier alpha value is -2.53. The van der Waals surface area contributed by atoms with E-state index in [2.05, 4.69) is 20.5 Å². The van der Waals surface area contributed by atoms with Crippen LogP contribution in [0.15, 0.2) is 48.5 Å². The molecule has 6 heteroatoms. The van der Waals surface area contributed by atoms with Gasteiger partial charge in [0.25, 0.3) is 0 Å². The zero-order valence-electron chi connectivity index (χ0n) is 11.3. The van der Waals surface area contributed by atoms with Crippen LogP contribution in [0.1, 0.15) is 5.69 Å². The van der Waals surface area contributed by atoms with Crippen molar-refractivity contribution in [2.45, 2.75) is 6.92 Å². The van der Waals surface area contributed by atoms with E-state index in [0.29, 0.717) is 22.5 Å². The number of aromatic amines is 1. The summed E-state index contributed by atoms with van der Waals surface area (Å²) in [5.74, 6) is 2.59. The quantitative estimate of drug-likeness (QED) is 0.705. The Kier molecular flexibility index (Phi) is 3.75. The Morgan fingerprint density at radius 1 is 1.05 bits per heavy atom. The van der Waals surface area contributed by atoms with Crippen molar-refractivity contribution in [1.82, 2.24) is 15.2 Å². The monoisotopic (exact) mass is 300 g/mol. The summed E-state index contributed by atoms with van der Waals surface area (Å²) in [5, 5.41) is 10.4. The molecule has 2 N–H and O–H groups in total. The van der Waals surface area contributed by atoms with Crippen LogP contribution < -0.4 is 10.1 Å². The maximum atomic E-state index is 6.03. The lowest BCUT2D eigenvalue weighted by atomic mass is 10.3. The number of hydrogen-bond donors (Lipinski definition) is 2. The first-order chi connectivity index (χ1) is 10.2. The van der Waals surface area contributed by atoms with Crippen LogP contribution in [-0.4, -0.2) is 15.2 Å². The lowest BCUT2D eigenvalue weighted by molar-refractivity contribution is 0.482. The van der Waals surface area contributed by atoms with Crippen LogP contribution in [-0.2, 0) is 0 Å². The van der Waals surface area contributed by atoms with Gasteiger partial charge in [0.05, 0.1) is 0 Å². The molecule has 0 aliphatic carbocycles. The molecule has 2 heterocycles. The molecular formula is C15H13ClN4O. The molecule has 0 amide bonds. The number of pyridine rings is 1. The highest BCUT2D eigenvalue weighted by Crippen LogP contribution is 2.27. The molecule has 5 nitrogen and oxygen atoms in total. The van der Waals surface area contributed by atoms with Gasteiger partial charge in [-0.25, -0.2) is 4.98 Å². The van der Waals surface area contributed by atoms with E-state index in [-0.39, 0.29) is 0 Å². The van der Waals surface area contributed by atoms with Gasteiger partial charge in [0.1, 0.15) is 22.5 Å². The molecule has 0 radical (unpaired) electrons. The Labute approximate surface area is 126 Å². The largest absolute Gasteiger partial charge is 0.457 e. The van der Waals surface area contributed by atoms with Crippen molar-refractivity contribution in [3.05, 3.63) is 59.4 Å². The first kappa shape index (κ1) is 13.5. The number of halogens is 1. The number of anilines is 2.